The summed E-state index contributed by atoms with van der Waals surface area (Å²) in [5.41, 5.74) is 5.87. The summed E-state index contributed by atoms with van der Waals surface area (Å²) in [7, 11) is -2.45. The van der Waals surface area contributed by atoms with Crippen LogP contribution in [0.2, 0.25) is 0 Å². The Hall–Kier alpha value is -4.49. The first-order valence-corrected chi connectivity index (χ1v) is 15.6. The van der Waals surface area contributed by atoms with E-state index in [1.165, 1.54) is 11.1 Å². The highest BCUT2D eigenvalue weighted by molar-refractivity contribution is 7.90. The van der Waals surface area contributed by atoms with Crippen LogP contribution in [0.15, 0.2) is 90.1 Å². The molecule has 1 fully saturated rings. The largest absolute Gasteiger partial charge is 0.495 e. The Balaban J connectivity index is 1.44. The second-order valence-electron chi connectivity index (χ2n) is 11.0. The van der Waals surface area contributed by atoms with Gasteiger partial charge in [0.2, 0.25) is 0 Å². The Morgan fingerprint density at radius 3 is 2.47 bits per heavy atom. The van der Waals surface area contributed by atoms with Crippen LogP contribution in [-0.2, 0) is 16.6 Å². The highest BCUT2D eigenvalue weighted by Crippen LogP contribution is 2.36. The van der Waals surface area contributed by atoms with Crippen molar-refractivity contribution >= 4 is 21.1 Å². The number of aromatic nitrogens is 2. The Bertz CT molecular complexity index is 1940. The minimum absolute atomic E-state index is 0.164. The zero-order valence-corrected chi connectivity index (χ0v) is 24.9. The molecule has 1 N–H and O–H groups in total. The normalized spacial score (nSPS) is 15.8. The number of piperidine rings is 1. The Morgan fingerprint density at radius 2 is 1.77 bits per heavy atom. The molecule has 1 atom stereocenters. The molecular formula is C34H32N4O4S. The second kappa shape index (κ2) is 11.7. The predicted molar refractivity (Wildman–Crippen MR) is 166 cm³/mol. The molecule has 9 heteroatoms. The molecule has 1 aliphatic heterocycles. The number of hydrogen-bond acceptors (Lipinski definition) is 7. The van der Waals surface area contributed by atoms with E-state index in [1.54, 1.807) is 48.8 Å². The summed E-state index contributed by atoms with van der Waals surface area (Å²) in [6.07, 6.45) is 4.86. The number of aliphatic hydroxyl groups excluding tert-OH is 1. The number of nitriles is 1. The molecule has 3 heterocycles. The van der Waals surface area contributed by atoms with Gasteiger partial charge in [-0.3, -0.25) is 4.90 Å². The third-order valence-corrected chi connectivity index (χ3v) is 9.66. The van der Waals surface area contributed by atoms with Gasteiger partial charge in [-0.1, -0.05) is 48.0 Å². The number of hydrogen-bond donors (Lipinski definition) is 1. The average molecular weight is 593 g/mol. The lowest BCUT2D eigenvalue weighted by molar-refractivity contribution is 0.0668. The van der Waals surface area contributed by atoms with Crippen molar-refractivity contribution in [1.29, 1.82) is 5.26 Å². The van der Waals surface area contributed by atoms with Crippen molar-refractivity contribution in [3.05, 3.63) is 102 Å². The lowest BCUT2D eigenvalue weighted by Gasteiger charge is -2.29. The van der Waals surface area contributed by atoms with Gasteiger partial charge in [0, 0.05) is 42.0 Å². The number of fused-ring (bicyclic) bond motifs is 1. The van der Waals surface area contributed by atoms with Crippen molar-refractivity contribution in [2.45, 2.75) is 37.3 Å². The summed E-state index contributed by atoms with van der Waals surface area (Å²) < 4.78 is 34.2. The quantitative estimate of drug-likeness (QED) is 0.256. The van der Waals surface area contributed by atoms with Gasteiger partial charge in [-0.05, 0) is 73.3 Å². The van der Waals surface area contributed by atoms with E-state index in [1.807, 2.05) is 31.2 Å². The van der Waals surface area contributed by atoms with Gasteiger partial charge in [-0.2, -0.15) is 5.26 Å². The van der Waals surface area contributed by atoms with Crippen LogP contribution in [0.1, 0.15) is 29.5 Å². The molecule has 6 rings (SSSR count). The van der Waals surface area contributed by atoms with E-state index >= 15 is 0 Å². The molecule has 0 saturated carbocycles. The van der Waals surface area contributed by atoms with E-state index in [9.17, 15) is 18.8 Å². The minimum Gasteiger partial charge on any atom is -0.495 e. The highest BCUT2D eigenvalue weighted by Gasteiger charge is 2.24. The van der Waals surface area contributed by atoms with Gasteiger partial charge in [-0.15, -0.1) is 0 Å². The predicted octanol–water partition coefficient (Wildman–Crippen LogP) is 5.75. The lowest BCUT2D eigenvalue weighted by Crippen LogP contribution is -2.37. The van der Waals surface area contributed by atoms with Gasteiger partial charge in [0.05, 0.1) is 23.7 Å². The monoisotopic (exact) mass is 592 g/mol. The van der Waals surface area contributed by atoms with E-state index in [4.69, 9.17) is 4.74 Å². The first-order valence-electron chi connectivity index (χ1n) is 14.2. The fourth-order valence-electron chi connectivity index (χ4n) is 5.67. The molecule has 43 heavy (non-hydrogen) atoms. The Labute approximate surface area is 251 Å². The molecule has 218 valence electrons. The van der Waals surface area contributed by atoms with Gasteiger partial charge in [0.15, 0.2) is 5.65 Å². The number of likely N-dealkylation sites (tertiary alicyclic amines) is 1. The van der Waals surface area contributed by atoms with Crippen LogP contribution in [0.4, 0.5) is 0 Å². The van der Waals surface area contributed by atoms with Gasteiger partial charge in [0.25, 0.3) is 10.0 Å². The van der Waals surface area contributed by atoms with E-state index < -0.39 is 10.0 Å². The Kier molecular flexibility index (Phi) is 7.75. The topological polar surface area (TPSA) is 108 Å². The molecule has 0 amide bonds. The van der Waals surface area contributed by atoms with Crippen molar-refractivity contribution in [1.82, 2.24) is 13.9 Å². The number of aryl methyl sites for hydroxylation is 1. The summed E-state index contributed by atoms with van der Waals surface area (Å²) in [5, 5.41) is 20.4. The molecule has 5 aromatic rings. The molecule has 0 aliphatic carbocycles. The van der Waals surface area contributed by atoms with Crippen molar-refractivity contribution in [3.8, 4) is 34.1 Å². The van der Waals surface area contributed by atoms with Crippen molar-refractivity contribution in [3.63, 3.8) is 0 Å². The van der Waals surface area contributed by atoms with Crippen LogP contribution >= 0.6 is 0 Å². The van der Waals surface area contributed by atoms with Crippen LogP contribution < -0.4 is 4.74 Å². The van der Waals surface area contributed by atoms with Crippen LogP contribution in [-0.4, -0.2) is 53.7 Å². The van der Waals surface area contributed by atoms with E-state index in [-0.39, 0.29) is 11.0 Å². The van der Waals surface area contributed by atoms with Crippen molar-refractivity contribution in [2.75, 3.05) is 20.2 Å². The SMILES string of the molecule is COc1ccc(-c2cn(S(=O)(=O)c3ccc(C)cc3)c3ncc(-c4ccc(CN5CCCC(O)C5)cc4)cc23)cc1C#N. The lowest BCUT2D eigenvalue weighted by atomic mass is 10.00. The highest BCUT2D eigenvalue weighted by atomic mass is 32.2. The zero-order valence-electron chi connectivity index (χ0n) is 24.1. The molecule has 3 aromatic carbocycles. The first-order chi connectivity index (χ1) is 20.8. The molecule has 1 aliphatic rings. The maximum absolute atomic E-state index is 13.8. The van der Waals surface area contributed by atoms with Crippen LogP contribution in [0.5, 0.6) is 5.75 Å². The fourth-order valence-corrected chi connectivity index (χ4v) is 7.00. The van der Waals surface area contributed by atoms with Gasteiger partial charge in [-0.25, -0.2) is 17.4 Å². The molecule has 0 spiro atoms. The maximum Gasteiger partial charge on any atom is 0.269 e. The third kappa shape index (κ3) is 5.65. The molecule has 0 bridgehead atoms. The number of nitrogens with zero attached hydrogens (tertiary/aromatic N) is 4. The first kappa shape index (κ1) is 28.6. The number of methoxy groups -OCH3 is 1. The number of ether oxygens (including phenoxy) is 1. The summed E-state index contributed by atoms with van der Waals surface area (Å²) in [6, 6.07) is 24.3. The van der Waals surface area contributed by atoms with E-state index in [2.05, 4.69) is 28.1 Å². The fraction of sp³-hybridized carbons (Fsp3) is 0.235. The van der Waals surface area contributed by atoms with Crippen molar-refractivity contribution < 1.29 is 18.3 Å². The maximum atomic E-state index is 13.8. The molecule has 2 aromatic heterocycles. The third-order valence-electron chi connectivity index (χ3n) is 7.99. The number of aliphatic hydroxyl groups is 1. The summed E-state index contributed by atoms with van der Waals surface area (Å²) in [6.45, 7) is 4.34. The number of pyridine rings is 1. The van der Waals surface area contributed by atoms with Gasteiger partial charge in [0.1, 0.15) is 11.8 Å². The summed E-state index contributed by atoms with van der Waals surface area (Å²) in [4.78, 5) is 7.10. The summed E-state index contributed by atoms with van der Waals surface area (Å²) >= 11 is 0. The molecule has 1 unspecified atom stereocenters. The van der Waals surface area contributed by atoms with Gasteiger partial charge < -0.3 is 9.84 Å². The number of rotatable bonds is 7. The second-order valence-corrected chi connectivity index (χ2v) is 12.8. The smallest absolute Gasteiger partial charge is 0.269 e. The van der Waals surface area contributed by atoms with E-state index in [0.717, 1.165) is 48.2 Å². The van der Waals surface area contributed by atoms with Crippen molar-refractivity contribution in [2.24, 2.45) is 0 Å². The standard InChI is InChI=1S/C34H32N4O4S/c1-23-5-12-30(13-6-23)43(40,41)38-22-32(26-11-14-33(42-2)27(16-26)18-35)31-17-28(19-36-34(31)38)25-9-7-24(8-10-25)20-37-15-3-4-29(39)21-37/h5-14,16-17,19,22,29,39H,3-4,15,20-21H2,1-2H3. The number of benzene rings is 3. The molecule has 0 radical (unpaired) electrons. The summed E-state index contributed by atoms with van der Waals surface area (Å²) in [5.74, 6) is 0.445. The Morgan fingerprint density at radius 1 is 1.02 bits per heavy atom. The molecule has 1 saturated heterocycles. The zero-order chi connectivity index (χ0) is 30.1. The van der Waals surface area contributed by atoms with E-state index in [0.29, 0.717) is 40.0 Å². The minimum atomic E-state index is -3.96. The van der Waals surface area contributed by atoms with Gasteiger partial charge >= 0.3 is 0 Å². The van der Waals surface area contributed by atoms with Crippen LogP contribution in [0, 0.1) is 18.3 Å². The number of β-amino-alcohol motifs (C(OH)–C–C–N with tert-alkyl or cyclic N) is 1. The van der Waals surface area contributed by atoms with Crippen LogP contribution in [0.3, 0.4) is 0 Å². The van der Waals surface area contributed by atoms with Crippen LogP contribution in [0.25, 0.3) is 33.3 Å². The average Bonchev–Trinajstić information content (AvgIpc) is 3.41. The molecular weight excluding hydrogens is 560 g/mol. The molecule has 8 nitrogen and oxygen atoms in total.